The molecule has 4 aliphatic carbocycles. The van der Waals surface area contributed by atoms with E-state index in [0.717, 1.165) is 29.7 Å². The molecule has 3 unspecified atom stereocenters. The van der Waals surface area contributed by atoms with Crippen molar-refractivity contribution in [1.29, 1.82) is 0 Å². The minimum Gasteiger partial charge on any atom is -0.393 e. The fourth-order valence-electron chi connectivity index (χ4n) is 9.30. The number of carbonyl (C=O) groups excluding carboxylic acids is 1. The summed E-state index contributed by atoms with van der Waals surface area (Å²) in [6, 6.07) is -0.606. The molecule has 9 atom stereocenters. The molecule has 210 valence electrons. The Bertz CT molecular complexity index is 865. The van der Waals surface area contributed by atoms with E-state index in [0.29, 0.717) is 30.1 Å². The van der Waals surface area contributed by atoms with Crippen LogP contribution in [0.15, 0.2) is 16.9 Å². The van der Waals surface area contributed by atoms with E-state index >= 15 is 0 Å². The number of nitrogens with zero attached hydrogens (tertiary/aromatic N) is 2. The van der Waals surface area contributed by atoms with Crippen LogP contribution in [0.2, 0.25) is 0 Å². The van der Waals surface area contributed by atoms with Gasteiger partial charge in [-0.15, -0.1) is 16.5 Å². The zero-order valence-electron chi connectivity index (χ0n) is 23.7. The van der Waals surface area contributed by atoms with Gasteiger partial charge in [0.25, 0.3) is 0 Å². The van der Waals surface area contributed by atoms with Crippen molar-refractivity contribution in [3.8, 4) is 0 Å². The predicted octanol–water partition coefficient (Wildman–Crippen LogP) is 7.30. The van der Waals surface area contributed by atoms with Crippen LogP contribution in [0.4, 0.5) is 4.79 Å². The van der Waals surface area contributed by atoms with Gasteiger partial charge < -0.3 is 10.4 Å². The van der Waals surface area contributed by atoms with Crippen LogP contribution in [0, 0.1) is 51.2 Å². The predicted molar refractivity (Wildman–Crippen MR) is 150 cm³/mol. The van der Waals surface area contributed by atoms with Crippen LogP contribution in [0.5, 0.6) is 0 Å². The van der Waals surface area contributed by atoms with Crippen LogP contribution in [0.25, 0.3) is 0 Å². The van der Waals surface area contributed by atoms with Crippen molar-refractivity contribution in [2.24, 2.45) is 51.6 Å². The van der Waals surface area contributed by atoms with E-state index in [1.54, 1.807) is 0 Å². The zero-order valence-corrected chi connectivity index (χ0v) is 24.5. The molecule has 0 aromatic carbocycles. The van der Waals surface area contributed by atoms with Crippen molar-refractivity contribution in [2.75, 3.05) is 12.4 Å². The highest BCUT2D eigenvalue weighted by atomic mass is 35.5. The number of nitroso groups, excluding NO2 is 1. The molecule has 3 fully saturated rings. The number of halogens is 1. The molecule has 0 radical (unpaired) electrons. The summed E-state index contributed by atoms with van der Waals surface area (Å²) in [5, 5.41) is 17.6. The Balaban J connectivity index is 1.63. The average molecular weight is 536 g/mol. The van der Waals surface area contributed by atoms with Gasteiger partial charge in [0, 0.05) is 5.88 Å². The number of fused-ring (bicyclic) bond motifs is 5. The van der Waals surface area contributed by atoms with Crippen LogP contribution in [-0.4, -0.2) is 40.7 Å². The van der Waals surface area contributed by atoms with E-state index < -0.39 is 6.03 Å². The molecule has 7 heteroatoms. The van der Waals surface area contributed by atoms with E-state index in [4.69, 9.17) is 11.6 Å². The lowest BCUT2D eigenvalue weighted by Crippen LogP contribution is -2.59. The molecular weight excluding hydrogens is 486 g/mol. The first-order valence-electron chi connectivity index (χ1n) is 14.9. The maximum Gasteiger partial charge on any atom is 0.340 e. The number of urea groups is 1. The van der Waals surface area contributed by atoms with E-state index in [1.165, 1.54) is 50.5 Å². The molecule has 0 heterocycles. The Hall–Kier alpha value is -1.14. The zero-order chi connectivity index (χ0) is 27.0. The quantitative estimate of drug-likeness (QED) is 0.141. The second-order valence-corrected chi connectivity index (χ2v) is 14.1. The number of hydrogen-bond donors (Lipinski definition) is 2. The molecule has 0 aromatic heterocycles. The number of carbonyl (C=O) groups is 1. The Morgan fingerprint density at radius 2 is 1.92 bits per heavy atom. The number of aliphatic hydroxyl groups is 1. The normalized spacial score (nSPS) is 39.7. The first kappa shape index (κ1) is 28.9. The van der Waals surface area contributed by atoms with Gasteiger partial charge in [0.1, 0.15) is 0 Å². The second-order valence-electron chi connectivity index (χ2n) is 13.7. The topological polar surface area (TPSA) is 82.0 Å². The number of amides is 2. The SMILES string of the molecule is CC(C)CCC[C@@H](C)[C@H]1CCC2C3C(CC[C@@]21C)[C@@]1(C)CC[C@H](O)CC1=C[C@@H]3NC(=O)N(CCCl)N=O. The minimum absolute atomic E-state index is 0.0756. The van der Waals surface area contributed by atoms with Gasteiger partial charge in [-0.05, 0) is 91.3 Å². The van der Waals surface area contributed by atoms with Gasteiger partial charge in [0.15, 0.2) is 0 Å². The van der Waals surface area contributed by atoms with Gasteiger partial charge in [-0.25, -0.2) is 4.79 Å². The number of hydrogen-bond acceptors (Lipinski definition) is 4. The third-order valence-electron chi connectivity index (χ3n) is 11.3. The lowest BCUT2D eigenvalue weighted by atomic mass is 9.46. The van der Waals surface area contributed by atoms with Crippen molar-refractivity contribution >= 4 is 17.6 Å². The van der Waals surface area contributed by atoms with Crippen LogP contribution < -0.4 is 5.32 Å². The van der Waals surface area contributed by atoms with Crippen molar-refractivity contribution in [3.63, 3.8) is 0 Å². The molecule has 0 spiro atoms. The standard InChI is InChI=1S/C30H50ClN3O3/c1-19(2)7-6-8-20(3)23-9-10-24-27-25(12-14-30(23,24)5)29(4)13-11-22(35)17-21(29)18-26(27)32-28(36)34(33-37)16-15-31/h18-20,22-27,35H,6-17H2,1-5H3,(H,32,36)/t20-,22+,23-,24?,25?,26+,27?,29+,30-/m1/s1. The number of rotatable bonds is 9. The molecule has 6 nitrogen and oxygen atoms in total. The van der Waals surface area contributed by atoms with Crippen molar-refractivity contribution in [1.82, 2.24) is 10.3 Å². The molecule has 2 amide bonds. The summed E-state index contributed by atoms with van der Waals surface area (Å²) in [6.45, 7) is 12.2. The van der Waals surface area contributed by atoms with Gasteiger partial charge in [-0.2, -0.15) is 5.01 Å². The highest BCUT2D eigenvalue weighted by Gasteiger charge is 2.61. The summed E-state index contributed by atoms with van der Waals surface area (Å²) in [5.41, 5.74) is 1.64. The Morgan fingerprint density at radius 1 is 1.16 bits per heavy atom. The smallest absolute Gasteiger partial charge is 0.340 e. The number of aliphatic hydroxyl groups excluding tert-OH is 1. The molecule has 3 saturated carbocycles. The van der Waals surface area contributed by atoms with Crippen LogP contribution >= 0.6 is 11.6 Å². The Labute approximate surface area is 229 Å². The average Bonchev–Trinajstić information content (AvgIpc) is 3.20. The van der Waals surface area contributed by atoms with Crippen molar-refractivity contribution < 1.29 is 9.90 Å². The maximum absolute atomic E-state index is 13.1. The van der Waals surface area contributed by atoms with Crippen molar-refractivity contribution in [3.05, 3.63) is 16.6 Å². The highest BCUT2D eigenvalue weighted by molar-refractivity contribution is 6.18. The second kappa shape index (κ2) is 11.5. The lowest BCUT2D eigenvalue weighted by molar-refractivity contribution is -0.0664. The van der Waals surface area contributed by atoms with Gasteiger partial charge in [0.05, 0.1) is 24.0 Å². The lowest BCUT2D eigenvalue weighted by Gasteiger charge is -2.60. The largest absolute Gasteiger partial charge is 0.393 e. The Morgan fingerprint density at radius 3 is 2.59 bits per heavy atom. The first-order chi connectivity index (χ1) is 17.5. The monoisotopic (exact) mass is 535 g/mol. The third-order valence-corrected chi connectivity index (χ3v) is 11.4. The molecule has 4 aliphatic rings. The maximum atomic E-state index is 13.1. The van der Waals surface area contributed by atoms with E-state index in [2.05, 4.69) is 51.3 Å². The number of nitrogens with one attached hydrogen (secondary N) is 1. The van der Waals surface area contributed by atoms with Crippen LogP contribution in [0.3, 0.4) is 0 Å². The molecule has 4 rings (SSSR count). The molecule has 0 bridgehead atoms. The van der Waals surface area contributed by atoms with Crippen LogP contribution in [0.1, 0.15) is 98.8 Å². The van der Waals surface area contributed by atoms with Gasteiger partial charge in [0.2, 0.25) is 0 Å². The molecule has 37 heavy (non-hydrogen) atoms. The highest BCUT2D eigenvalue weighted by Crippen LogP contribution is 2.67. The molecule has 2 N–H and O–H groups in total. The molecular formula is C30H50ClN3O3. The van der Waals surface area contributed by atoms with Gasteiger partial charge in [-0.3, -0.25) is 0 Å². The number of alkyl halides is 1. The fourth-order valence-corrected chi connectivity index (χ4v) is 9.46. The summed E-state index contributed by atoms with van der Waals surface area (Å²) in [5.74, 6) is 3.72. The summed E-state index contributed by atoms with van der Waals surface area (Å²) >= 11 is 5.83. The van der Waals surface area contributed by atoms with Crippen molar-refractivity contribution in [2.45, 2.75) is 111 Å². The van der Waals surface area contributed by atoms with E-state index in [1.807, 2.05) is 0 Å². The van der Waals surface area contributed by atoms with Crippen LogP contribution in [-0.2, 0) is 0 Å². The molecule has 0 aromatic rings. The molecule has 0 saturated heterocycles. The Kier molecular flexibility index (Phi) is 9.00. The first-order valence-corrected chi connectivity index (χ1v) is 15.4. The fraction of sp³-hybridized carbons (Fsp3) is 0.900. The van der Waals surface area contributed by atoms with Gasteiger partial charge >= 0.3 is 6.03 Å². The molecule has 0 aliphatic heterocycles. The van der Waals surface area contributed by atoms with E-state index in [-0.39, 0.29) is 35.4 Å². The van der Waals surface area contributed by atoms with E-state index in [9.17, 15) is 14.8 Å². The van der Waals surface area contributed by atoms with Gasteiger partial charge in [-0.1, -0.05) is 65.5 Å². The summed E-state index contributed by atoms with van der Waals surface area (Å²) in [4.78, 5) is 24.5. The third kappa shape index (κ3) is 5.48. The summed E-state index contributed by atoms with van der Waals surface area (Å²) in [7, 11) is 0. The summed E-state index contributed by atoms with van der Waals surface area (Å²) in [6.07, 6.45) is 13.3. The summed E-state index contributed by atoms with van der Waals surface area (Å²) < 4.78 is 0. The minimum atomic E-state index is -0.458.